The smallest absolute Gasteiger partial charge is 0.0401 e. The van der Waals surface area contributed by atoms with Gasteiger partial charge in [0.1, 0.15) is 0 Å². The van der Waals surface area contributed by atoms with Crippen LogP contribution in [-0.4, -0.2) is 4.98 Å². The van der Waals surface area contributed by atoms with Gasteiger partial charge in [-0.1, -0.05) is 31.3 Å². The molecule has 0 unspecified atom stereocenters. The Morgan fingerprint density at radius 1 is 1.64 bits per heavy atom. The van der Waals surface area contributed by atoms with E-state index in [-0.39, 0.29) is 0 Å². The molecule has 1 aromatic heterocycles. The number of pyridine rings is 1. The Balaban J connectivity index is 2.71. The summed E-state index contributed by atoms with van der Waals surface area (Å²) in [5.74, 6) is 0. The number of nitrogens with two attached hydrogens (primary N) is 1. The summed E-state index contributed by atoms with van der Waals surface area (Å²) >= 11 is 1.50. The third-order valence-corrected chi connectivity index (χ3v) is 2.61. The first-order chi connectivity index (χ1) is 6.77. The molecule has 74 valence electrons. The zero-order chi connectivity index (χ0) is 10.4. The van der Waals surface area contributed by atoms with E-state index in [0.29, 0.717) is 0 Å². The molecule has 1 aromatic rings. The first kappa shape index (κ1) is 10.9. The van der Waals surface area contributed by atoms with Crippen LogP contribution >= 0.6 is 11.8 Å². The van der Waals surface area contributed by atoms with E-state index in [1.54, 1.807) is 5.41 Å². The number of aromatic nitrogens is 1. The summed E-state index contributed by atoms with van der Waals surface area (Å²) in [6.07, 6.45) is 4.31. The Morgan fingerprint density at radius 3 is 2.93 bits per heavy atom. The Hall–Kier alpha value is -1.22. The lowest BCUT2D eigenvalue weighted by atomic mass is 10.2. The summed E-state index contributed by atoms with van der Waals surface area (Å²) in [5.41, 5.74) is 7.39. The van der Waals surface area contributed by atoms with Crippen LogP contribution in [0.15, 0.2) is 36.5 Å². The molecule has 0 atom stereocenters. The molecule has 14 heavy (non-hydrogen) atoms. The Labute approximate surface area is 88.9 Å². The Morgan fingerprint density at radius 2 is 2.43 bits per heavy atom. The maximum Gasteiger partial charge on any atom is 0.0401 e. The topological polar surface area (TPSA) is 38.9 Å². The standard InChI is InChI=1S/C11H14N2S/c1-3-11-5-4-10(8-13-11)9(2)14-7-6-12/h4-8H,2-3,12H2,1H3/b7-6-. The van der Waals surface area contributed by atoms with Crippen molar-refractivity contribution in [2.24, 2.45) is 5.73 Å². The lowest BCUT2D eigenvalue weighted by Crippen LogP contribution is -1.87. The van der Waals surface area contributed by atoms with Gasteiger partial charge in [-0.3, -0.25) is 4.98 Å². The first-order valence-corrected chi connectivity index (χ1v) is 5.33. The fourth-order valence-corrected chi connectivity index (χ4v) is 1.49. The van der Waals surface area contributed by atoms with Crippen LogP contribution in [0.1, 0.15) is 18.2 Å². The minimum Gasteiger partial charge on any atom is -0.404 e. The highest BCUT2D eigenvalue weighted by molar-refractivity contribution is 8.10. The van der Waals surface area contributed by atoms with Gasteiger partial charge in [-0.05, 0) is 17.9 Å². The summed E-state index contributed by atoms with van der Waals surface area (Å²) in [6, 6.07) is 4.05. The van der Waals surface area contributed by atoms with E-state index in [2.05, 4.69) is 18.5 Å². The average molecular weight is 206 g/mol. The second-order valence-corrected chi connectivity index (χ2v) is 3.76. The molecule has 0 fully saturated rings. The second kappa shape index (κ2) is 5.50. The van der Waals surface area contributed by atoms with Crippen LogP contribution in [0.25, 0.3) is 4.91 Å². The highest BCUT2D eigenvalue weighted by atomic mass is 32.2. The third-order valence-electron chi connectivity index (χ3n) is 1.80. The van der Waals surface area contributed by atoms with Gasteiger partial charge in [0.05, 0.1) is 0 Å². The molecule has 3 heteroatoms. The highest BCUT2D eigenvalue weighted by Gasteiger charge is 1.98. The van der Waals surface area contributed by atoms with Crippen LogP contribution in [-0.2, 0) is 6.42 Å². The molecule has 0 aliphatic heterocycles. The van der Waals surface area contributed by atoms with Crippen LogP contribution in [0.4, 0.5) is 0 Å². The van der Waals surface area contributed by atoms with Crippen LogP contribution < -0.4 is 5.73 Å². The molecule has 0 aliphatic carbocycles. The number of nitrogens with zero attached hydrogens (tertiary/aromatic N) is 1. The molecular formula is C11H14N2S. The second-order valence-electron chi connectivity index (χ2n) is 2.76. The van der Waals surface area contributed by atoms with Crippen molar-refractivity contribution in [2.45, 2.75) is 13.3 Å². The molecule has 2 nitrogen and oxygen atoms in total. The molecule has 0 aliphatic rings. The minimum absolute atomic E-state index is 0.960. The number of rotatable bonds is 4. The molecule has 0 bridgehead atoms. The van der Waals surface area contributed by atoms with Gasteiger partial charge in [-0.2, -0.15) is 0 Å². The lowest BCUT2D eigenvalue weighted by Gasteiger charge is -2.02. The third kappa shape index (κ3) is 2.92. The van der Waals surface area contributed by atoms with Gasteiger partial charge in [-0.25, -0.2) is 0 Å². The van der Waals surface area contributed by atoms with E-state index < -0.39 is 0 Å². The largest absolute Gasteiger partial charge is 0.404 e. The molecule has 0 radical (unpaired) electrons. The Kier molecular flexibility index (Phi) is 4.26. The summed E-state index contributed by atoms with van der Waals surface area (Å²) in [7, 11) is 0. The lowest BCUT2D eigenvalue weighted by molar-refractivity contribution is 1.03. The van der Waals surface area contributed by atoms with Gasteiger partial charge < -0.3 is 5.73 Å². The van der Waals surface area contributed by atoms with Crippen molar-refractivity contribution in [3.8, 4) is 0 Å². The number of hydrogen-bond donors (Lipinski definition) is 1. The molecule has 2 N–H and O–H groups in total. The van der Waals surface area contributed by atoms with Gasteiger partial charge in [0.25, 0.3) is 0 Å². The van der Waals surface area contributed by atoms with Crippen molar-refractivity contribution < 1.29 is 0 Å². The van der Waals surface area contributed by atoms with Gasteiger partial charge >= 0.3 is 0 Å². The fourth-order valence-electron chi connectivity index (χ4n) is 0.988. The summed E-state index contributed by atoms with van der Waals surface area (Å²) in [5, 5.41) is 1.80. The maximum absolute atomic E-state index is 5.24. The van der Waals surface area contributed by atoms with Crippen molar-refractivity contribution in [3.05, 3.63) is 47.8 Å². The zero-order valence-corrected chi connectivity index (χ0v) is 9.05. The van der Waals surface area contributed by atoms with E-state index in [9.17, 15) is 0 Å². The molecule has 1 rings (SSSR count). The van der Waals surface area contributed by atoms with Crippen LogP contribution in [0, 0.1) is 0 Å². The fraction of sp³-hybridized carbons (Fsp3) is 0.182. The highest BCUT2D eigenvalue weighted by Crippen LogP contribution is 2.25. The van der Waals surface area contributed by atoms with Crippen LogP contribution in [0.3, 0.4) is 0 Å². The molecule has 0 spiro atoms. The summed E-state index contributed by atoms with van der Waals surface area (Å²) < 4.78 is 0. The SMILES string of the molecule is C=C(S/C=C\N)c1ccc(CC)nc1. The van der Waals surface area contributed by atoms with E-state index in [4.69, 9.17) is 5.73 Å². The van der Waals surface area contributed by atoms with Crippen molar-refractivity contribution >= 4 is 16.7 Å². The monoisotopic (exact) mass is 206 g/mol. The van der Waals surface area contributed by atoms with Crippen molar-refractivity contribution in [3.63, 3.8) is 0 Å². The normalized spacial score (nSPS) is 10.6. The molecule has 0 saturated heterocycles. The molecular weight excluding hydrogens is 192 g/mol. The number of thioether (sulfide) groups is 1. The molecule has 0 aromatic carbocycles. The van der Waals surface area contributed by atoms with E-state index in [1.165, 1.54) is 18.0 Å². The van der Waals surface area contributed by atoms with E-state index in [0.717, 1.165) is 22.6 Å². The Bertz CT molecular complexity index is 328. The van der Waals surface area contributed by atoms with Gasteiger partial charge in [0.2, 0.25) is 0 Å². The van der Waals surface area contributed by atoms with Crippen molar-refractivity contribution in [2.75, 3.05) is 0 Å². The van der Waals surface area contributed by atoms with Gasteiger partial charge in [0, 0.05) is 28.6 Å². The summed E-state index contributed by atoms with van der Waals surface area (Å²) in [6.45, 7) is 6.02. The molecule has 0 saturated carbocycles. The number of aryl methyl sites for hydroxylation is 1. The van der Waals surface area contributed by atoms with Crippen molar-refractivity contribution in [1.82, 2.24) is 4.98 Å². The van der Waals surface area contributed by atoms with Gasteiger partial charge in [0.15, 0.2) is 0 Å². The number of hydrogen-bond acceptors (Lipinski definition) is 3. The first-order valence-electron chi connectivity index (χ1n) is 4.45. The van der Waals surface area contributed by atoms with Crippen molar-refractivity contribution in [1.29, 1.82) is 0 Å². The maximum atomic E-state index is 5.24. The minimum atomic E-state index is 0.960. The van der Waals surface area contributed by atoms with E-state index in [1.807, 2.05) is 18.3 Å². The van der Waals surface area contributed by atoms with Gasteiger partial charge in [-0.15, -0.1) is 0 Å². The molecule has 1 heterocycles. The molecule has 0 amide bonds. The quantitative estimate of drug-likeness (QED) is 0.823. The van der Waals surface area contributed by atoms with Crippen LogP contribution in [0.5, 0.6) is 0 Å². The summed E-state index contributed by atoms with van der Waals surface area (Å²) in [4.78, 5) is 5.26. The van der Waals surface area contributed by atoms with E-state index >= 15 is 0 Å². The van der Waals surface area contributed by atoms with Crippen LogP contribution in [0.2, 0.25) is 0 Å². The predicted octanol–water partition coefficient (Wildman–Crippen LogP) is 2.78. The predicted molar refractivity (Wildman–Crippen MR) is 63.6 cm³/mol. The average Bonchev–Trinajstić information content (AvgIpc) is 2.26. The zero-order valence-electron chi connectivity index (χ0n) is 8.23.